The lowest BCUT2D eigenvalue weighted by molar-refractivity contribution is 0.749. The largest absolute Gasteiger partial charge is 0.383 e. The molecule has 2 aromatic rings. The summed E-state index contributed by atoms with van der Waals surface area (Å²) in [6.07, 6.45) is 4.18. The fraction of sp³-hybridized carbons (Fsp3) is 0.417. The summed E-state index contributed by atoms with van der Waals surface area (Å²) >= 11 is 0. The highest BCUT2D eigenvalue weighted by Crippen LogP contribution is 2.18. The van der Waals surface area contributed by atoms with E-state index < -0.39 is 0 Å². The molecule has 2 rings (SSSR count). The van der Waals surface area contributed by atoms with Gasteiger partial charge in [0.05, 0.1) is 5.69 Å². The van der Waals surface area contributed by atoms with Crippen LogP contribution in [0.25, 0.3) is 5.82 Å². The van der Waals surface area contributed by atoms with Crippen molar-refractivity contribution >= 4 is 5.82 Å². The molecule has 0 saturated heterocycles. The normalized spacial score (nSPS) is 11.1. The van der Waals surface area contributed by atoms with Gasteiger partial charge in [-0.3, -0.25) is 0 Å². The van der Waals surface area contributed by atoms with Gasteiger partial charge in [0, 0.05) is 11.8 Å². The maximum Gasteiger partial charge on any atom is 0.161 e. The average molecular weight is 231 g/mol. The Bertz CT molecular complexity index is 515. The first-order chi connectivity index (χ1) is 8.13. The van der Waals surface area contributed by atoms with Crippen LogP contribution in [0.2, 0.25) is 0 Å². The highest BCUT2D eigenvalue weighted by molar-refractivity contribution is 5.48. The smallest absolute Gasteiger partial charge is 0.161 e. The lowest BCUT2D eigenvalue weighted by Gasteiger charge is -2.08. The van der Waals surface area contributed by atoms with Crippen molar-refractivity contribution in [2.45, 2.75) is 33.1 Å². The Morgan fingerprint density at radius 2 is 2.12 bits per heavy atom. The molecule has 17 heavy (non-hydrogen) atoms. The molecule has 2 N–H and O–H groups in total. The van der Waals surface area contributed by atoms with Gasteiger partial charge >= 0.3 is 0 Å². The van der Waals surface area contributed by atoms with Crippen molar-refractivity contribution in [1.29, 1.82) is 0 Å². The lowest BCUT2D eigenvalue weighted by Crippen LogP contribution is -2.08. The van der Waals surface area contributed by atoms with Crippen molar-refractivity contribution < 1.29 is 0 Å². The Morgan fingerprint density at radius 3 is 2.71 bits per heavy atom. The average Bonchev–Trinajstić information content (AvgIpc) is 2.77. The van der Waals surface area contributed by atoms with Gasteiger partial charge in [0.2, 0.25) is 0 Å². The monoisotopic (exact) mass is 231 g/mol. The third-order valence-electron chi connectivity index (χ3n) is 2.73. The van der Waals surface area contributed by atoms with Crippen LogP contribution in [0.15, 0.2) is 18.6 Å². The predicted molar refractivity (Wildman–Crippen MR) is 67.0 cm³/mol. The lowest BCUT2D eigenvalue weighted by atomic mass is 10.1. The molecule has 90 valence electrons. The number of hydrogen-bond acceptors (Lipinski definition) is 4. The van der Waals surface area contributed by atoms with Gasteiger partial charge in [-0.2, -0.15) is 5.10 Å². The van der Waals surface area contributed by atoms with Crippen LogP contribution in [0.3, 0.4) is 0 Å². The van der Waals surface area contributed by atoms with Crippen molar-refractivity contribution in [3.63, 3.8) is 0 Å². The zero-order chi connectivity index (χ0) is 12.4. The molecule has 2 heterocycles. The number of nitrogens with two attached hydrogens (primary N) is 1. The van der Waals surface area contributed by atoms with Crippen molar-refractivity contribution in [2.75, 3.05) is 5.73 Å². The summed E-state index contributed by atoms with van der Waals surface area (Å²) in [4.78, 5) is 8.27. The molecule has 2 aromatic heterocycles. The molecule has 0 aliphatic carbocycles. The van der Waals surface area contributed by atoms with E-state index >= 15 is 0 Å². The summed E-state index contributed by atoms with van der Waals surface area (Å²) in [7, 11) is 0. The van der Waals surface area contributed by atoms with Crippen LogP contribution in [0, 0.1) is 0 Å². The number of hydrogen-bond donors (Lipinski definition) is 1. The minimum Gasteiger partial charge on any atom is -0.383 e. The van der Waals surface area contributed by atoms with Crippen molar-refractivity contribution in [3.05, 3.63) is 29.8 Å². The molecular formula is C12H17N5. The second-order valence-electron chi connectivity index (χ2n) is 4.25. The van der Waals surface area contributed by atoms with E-state index in [0.29, 0.717) is 11.7 Å². The summed E-state index contributed by atoms with van der Waals surface area (Å²) in [5.74, 6) is 1.70. The number of nitrogen functional groups attached to an aromatic ring is 1. The van der Waals surface area contributed by atoms with Crippen LogP contribution < -0.4 is 5.73 Å². The highest BCUT2D eigenvalue weighted by atomic mass is 15.3. The van der Waals surface area contributed by atoms with E-state index in [1.54, 1.807) is 4.68 Å². The minimum absolute atomic E-state index is 0.403. The van der Waals surface area contributed by atoms with Gasteiger partial charge in [-0.05, 0) is 18.4 Å². The SMILES string of the molecule is CCc1c(N)ncnc1-n1ccc(C(C)C)n1. The molecule has 0 aromatic carbocycles. The molecule has 0 bridgehead atoms. The molecule has 0 atom stereocenters. The summed E-state index contributed by atoms with van der Waals surface area (Å²) in [5, 5.41) is 4.50. The highest BCUT2D eigenvalue weighted by Gasteiger charge is 2.11. The van der Waals surface area contributed by atoms with E-state index in [1.165, 1.54) is 6.33 Å². The van der Waals surface area contributed by atoms with Crippen LogP contribution in [0.4, 0.5) is 5.82 Å². The zero-order valence-electron chi connectivity index (χ0n) is 10.4. The second-order valence-corrected chi connectivity index (χ2v) is 4.25. The topological polar surface area (TPSA) is 69.6 Å². The van der Waals surface area contributed by atoms with Crippen LogP contribution >= 0.6 is 0 Å². The van der Waals surface area contributed by atoms with Gasteiger partial charge in [0.1, 0.15) is 12.1 Å². The van der Waals surface area contributed by atoms with Crippen LogP contribution in [-0.4, -0.2) is 19.7 Å². The van der Waals surface area contributed by atoms with Crippen molar-refractivity contribution in [1.82, 2.24) is 19.7 Å². The Labute approximate surface area is 101 Å². The number of rotatable bonds is 3. The van der Waals surface area contributed by atoms with Crippen LogP contribution in [0.1, 0.15) is 37.9 Å². The molecule has 0 unspecified atom stereocenters. The van der Waals surface area contributed by atoms with E-state index in [4.69, 9.17) is 5.73 Å². The molecule has 0 spiro atoms. The first-order valence-electron chi connectivity index (χ1n) is 5.78. The predicted octanol–water partition coefficient (Wildman–Crippen LogP) is 1.93. The summed E-state index contributed by atoms with van der Waals surface area (Å²) in [6, 6.07) is 2.00. The zero-order valence-corrected chi connectivity index (χ0v) is 10.4. The summed E-state index contributed by atoms with van der Waals surface area (Å²) in [5.41, 5.74) is 7.83. The summed E-state index contributed by atoms with van der Waals surface area (Å²) in [6.45, 7) is 6.26. The maximum absolute atomic E-state index is 5.84. The standard InChI is InChI=1S/C12H17N5/c1-4-9-11(13)14-7-15-12(9)17-6-5-10(16-17)8(2)3/h5-8H,4H2,1-3H3,(H2,13,14,15). The Morgan fingerprint density at radius 1 is 1.35 bits per heavy atom. The fourth-order valence-corrected chi connectivity index (χ4v) is 1.72. The van der Waals surface area contributed by atoms with Gasteiger partial charge in [-0.15, -0.1) is 0 Å². The molecule has 0 amide bonds. The van der Waals surface area contributed by atoms with Gasteiger partial charge < -0.3 is 5.73 Å². The minimum atomic E-state index is 0.403. The van der Waals surface area contributed by atoms with Gasteiger partial charge in [0.15, 0.2) is 5.82 Å². The van der Waals surface area contributed by atoms with E-state index in [1.807, 2.05) is 19.2 Å². The van der Waals surface area contributed by atoms with Crippen LogP contribution in [0.5, 0.6) is 0 Å². The van der Waals surface area contributed by atoms with E-state index in [9.17, 15) is 0 Å². The Kier molecular flexibility index (Phi) is 3.08. The molecule has 0 aliphatic heterocycles. The molecular weight excluding hydrogens is 214 g/mol. The Balaban J connectivity index is 2.48. The third-order valence-corrected chi connectivity index (χ3v) is 2.73. The quantitative estimate of drug-likeness (QED) is 0.876. The van der Waals surface area contributed by atoms with E-state index in [-0.39, 0.29) is 0 Å². The van der Waals surface area contributed by atoms with Crippen molar-refractivity contribution in [2.24, 2.45) is 0 Å². The van der Waals surface area contributed by atoms with Crippen LogP contribution in [-0.2, 0) is 6.42 Å². The second kappa shape index (κ2) is 4.53. The van der Waals surface area contributed by atoms with Gasteiger partial charge in [-0.1, -0.05) is 20.8 Å². The third kappa shape index (κ3) is 2.13. The number of aromatic nitrogens is 4. The Hall–Kier alpha value is -1.91. The number of anilines is 1. The van der Waals surface area contributed by atoms with Gasteiger partial charge in [-0.25, -0.2) is 14.6 Å². The van der Waals surface area contributed by atoms with Gasteiger partial charge in [0.25, 0.3) is 0 Å². The number of nitrogens with zero attached hydrogens (tertiary/aromatic N) is 4. The summed E-state index contributed by atoms with van der Waals surface area (Å²) < 4.78 is 1.77. The fourth-order valence-electron chi connectivity index (χ4n) is 1.72. The molecule has 0 aliphatic rings. The first-order valence-corrected chi connectivity index (χ1v) is 5.78. The maximum atomic E-state index is 5.84. The molecule has 0 radical (unpaired) electrons. The molecule has 0 fully saturated rings. The van der Waals surface area contributed by atoms with Crippen molar-refractivity contribution in [3.8, 4) is 5.82 Å². The molecule has 0 saturated carbocycles. The molecule has 5 heteroatoms. The van der Waals surface area contributed by atoms with E-state index in [0.717, 1.165) is 23.5 Å². The molecule has 5 nitrogen and oxygen atoms in total. The first kappa shape index (κ1) is 11.6. The van der Waals surface area contributed by atoms with E-state index in [2.05, 4.69) is 28.9 Å².